The van der Waals surface area contributed by atoms with Gasteiger partial charge in [-0.1, -0.05) is 6.07 Å². The highest BCUT2D eigenvalue weighted by atomic mass is 32.1. The summed E-state index contributed by atoms with van der Waals surface area (Å²) in [6.07, 6.45) is 0. The zero-order chi connectivity index (χ0) is 16.6. The monoisotopic (exact) mass is 335 g/mol. The van der Waals surface area contributed by atoms with Gasteiger partial charge in [-0.25, -0.2) is 13.8 Å². The number of nitrogens with one attached hydrogen (secondary N) is 1. The Hall–Kier alpha value is -2.12. The van der Waals surface area contributed by atoms with Crippen molar-refractivity contribution >= 4 is 16.3 Å². The standard InChI is InChI=1S/C16H15F2N3OS/c1-9-8-23-16-20-12(6-15(22)21(9)16)7-19-10(2)11-3-4-13(17)14(18)5-11/h3-6,8,10,19H,7H2,1-2H3/t10-/m1/s1. The van der Waals surface area contributed by atoms with E-state index in [9.17, 15) is 13.6 Å². The van der Waals surface area contributed by atoms with Gasteiger partial charge in [0.15, 0.2) is 16.6 Å². The van der Waals surface area contributed by atoms with E-state index in [1.54, 1.807) is 4.40 Å². The molecule has 0 saturated heterocycles. The summed E-state index contributed by atoms with van der Waals surface area (Å²) in [4.78, 5) is 17.2. The number of aromatic nitrogens is 2. The van der Waals surface area contributed by atoms with Gasteiger partial charge in [-0.2, -0.15) is 0 Å². The van der Waals surface area contributed by atoms with Crippen molar-refractivity contribution in [3.05, 3.63) is 68.6 Å². The maximum absolute atomic E-state index is 13.3. The van der Waals surface area contributed by atoms with E-state index in [1.807, 2.05) is 19.2 Å². The lowest BCUT2D eigenvalue weighted by Gasteiger charge is -2.14. The lowest BCUT2D eigenvalue weighted by molar-refractivity contribution is 0.500. The number of thiazole rings is 1. The molecule has 2 aromatic heterocycles. The summed E-state index contributed by atoms with van der Waals surface area (Å²) in [5, 5.41) is 5.05. The summed E-state index contributed by atoms with van der Waals surface area (Å²) >= 11 is 1.41. The molecule has 0 saturated carbocycles. The van der Waals surface area contributed by atoms with Crippen molar-refractivity contribution in [2.45, 2.75) is 26.4 Å². The molecule has 0 aliphatic carbocycles. The predicted octanol–water partition coefficient (Wildman–Crippen LogP) is 3.19. The van der Waals surface area contributed by atoms with Gasteiger partial charge in [0.1, 0.15) is 0 Å². The Labute approximate surface area is 135 Å². The Kier molecular flexibility index (Phi) is 4.23. The molecule has 0 aliphatic heterocycles. The number of aryl methyl sites for hydroxylation is 1. The molecule has 0 unspecified atom stereocenters. The van der Waals surface area contributed by atoms with Gasteiger partial charge in [-0.15, -0.1) is 11.3 Å². The summed E-state index contributed by atoms with van der Waals surface area (Å²) in [6.45, 7) is 4.06. The number of hydrogen-bond acceptors (Lipinski definition) is 4. The molecule has 1 aromatic carbocycles. The maximum Gasteiger partial charge on any atom is 0.259 e. The van der Waals surface area contributed by atoms with Crippen LogP contribution in [0.25, 0.3) is 4.96 Å². The first kappa shape index (κ1) is 15.8. The van der Waals surface area contributed by atoms with Crippen LogP contribution in [-0.4, -0.2) is 9.38 Å². The molecule has 3 rings (SSSR count). The summed E-state index contributed by atoms with van der Waals surface area (Å²) in [6, 6.07) is 5.09. The highest BCUT2D eigenvalue weighted by molar-refractivity contribution is 7.15. The van der Waals surface area contributed by atoms with Crippen molar-refractivity contribution in [3.8, 4) is 0 Å². The molecule has 1 N–H and O–H groups in total. The van der Waals surface area contributed by atoms with Gasteiger partial charge in [-0.3, -0.25) is 9.20 Å². The fourth-order valence-corrected chi connectivity index (χ4v) is 3.24. The van der Waals surface area contributed by atoms with E-state index in [0.717, 1.165) is 11.8 Å². The quantitative estimate of drug-likeness (QED) is 0.796. The van der Waals surface area contributed by atoms with Crippen molar-refractivity contribution in [1.82, 2.24) is 14.7 Å². The van der Waals surface area contributed by atoms with Gasteiger partial charge in [0.25, 0.3) is 5.56 Å². The van der Waals surface area contributed by atoms with Crippen LogP contribution in [0, 0.1) is 18.6 Å². The van der Waals surface area contributed by atoms with Crippen molar-refractivity contribution in [2.75, 3.05) is 0 Å². The van der Waals surface area contributed by atoms with Gasteiger partial charge >= 0.3 is 0 Å². The number of halogens is 2. The van der Waals surface area contributed by atoms with Crippen LogP contribution in [0.2, 0.25) is 0 Å². The second-order valence-electron chi connectivity index (χ2n) is 5.36. The van der Waals surface area contributed by atoms with Crippen LogP contribution in [0.15, 0.2) is 34.4 Å². The Balaban J connectivity index is 1.77. The van der Waals surface area contributed by atoms with Crippen molar-refractivity contribution in [1.29, 1.82) is 0 Å². The Bertz CT molecular complexity index is 919. The number of benzene rings is 1. The minimum Gasteiger partial charge on any atom is -0.305 e. The average molecular weight is 335 g/mol. The van der Waals surface area contributed by atoms with Crippen LogP contribution >= 0.6 is 11.3 Å². The summed E-state index contributed by atoms with van der Waals surface area (Å²) in [5.74, 6) is -1.74. The van der Waals surface area contributed by atoms with Crippen LogP contribution < -0.4 is 10.9 Å². The molecule has 0 bridgehead atoms. The van der Waals surface area contributed by atoms with Crippen molar-refractivity contribution in [3.63, 3.8) is 0 Å². The third-order valence-corrected chi connectivity index (χ3v) is 4.61. The van der Waals surface area contributed by atoms with Gasteiger partial charge in [0.2, 0.25) is 0 Å². The normalized spacial score (nSPS) is 12.7. The van der Waals surface area contributed by atoms with E-state index >= 15 is 0 Å². The first-order valence-corrected chi connectivity index (χ1v) is 7.99. The largest absolute Gasteiger partial charge is 0.305 e. The molecule has 0 spiro atoms. The number of rotatable bonds is 4. The molecule has 23 heavy (non-hydrogen) atoms. The van der Waals surface area contributed by atoms with Gasteiger partial charge in [-0.05, 0) is 31.5 Å². The van der Waals surface area contributed by atoms with Crippen LogP contribution in [0.1, 0.15) is 29.9 Å². The highest BCUT2D eigenvalue weighted by Crippen LogP contribution is 2.17. The van der Waals surface area contributed by atoms with E-state index in [4.69, 9.17) is 0 Å². The Morgan fingerprint density at radius 2 is 2.09 bits per heavy atom. The van der Waals surface area contributed by atoms with Crippen LogP contribution in [0.3, 0.4) is 0 Å². The molecular formula is C16H15F2N3OS. The minimum atomic E-state index is -0.872. The van der Waals surface area contributed by atoms with Gasteiger partial charge in [0, 0.05) is 29.7 Å². The Morgan fingerprint density at radius 1 is 1.30 bits per heavy atom. The molecule has 0 fully saturated rings. The molecule has 4 nitrogen and oxygen atoms in total. The highest BCUT2D eigenvalue weighted by Gasteiger charge is 2.11. The fraction of sp³-hybridized carbons (Fsp3) is 0.250. The van der Waals surface area contributed by atoms with Gasteiger partial charge < -0.3 is 5.32 Å². The molecular weight excluding hydrogens is 320 g/mol. The molecule has 0 amide bonds. The van der Waals surface area contributed by atoms with E-state index in [0.29, 0.717) is 22.8 Å². The zero-order valence-electron chi connectivity index (χ0n) is 12.6. The van der Waals surface area contributed by atoms with E-state index in [1.165, 1.54) is 29.5 Å². The number of nitrogens with zero attached hydrogens (tertiary/aromatic N) is 2. The molecule has 1 atom stereocenters. The lowest BCUT2D eigenvalue weighted by Crippen LogP contribution is -2.22. The maximum atomic E-state index is 13.3. The third-order valence-electron chi connectivity index (χ3n) is 3.66. The lowest BCUT2D eigenvalue weighted by atomic mass is 10.1. The van der Waals surface area contributed by atoms with E-state index < -0.39 is 11.6 Å². The number of fused-ring (bicyclic) bond motifs is 1. The van der Waals surface area contributed by atoms with Crippen LogP contribution in [-0.2, 0) is 6.54 Å². The topological polar surface area (TPSA) is 46.4 Å². The second-order valence-corrected chi connectivity index (χ2v) is 6.19. The first-order valence-electron chi connectivity index (χ1n) is 7.11. The van der Waals surface area contributed by atoms with Crippen molar-refractivity contribution in [2.24, 2.45) is 0 Å². The zero-order valence-corrected chi connectivity index (χ0v) is 13.5. The minimum absolute atomic E-state index is 0.119. The second kappa shape index (κ2) is 6.17. The molecule has 7 heteroatoms. The first-order chi connectivity index (χ1) is 11.0. The number of hydrogen-bond donors (Lipinski definition) is 1. The summed E-state index contributed by atoms with van der Waals surface area (Å²) < 4.78 is 27.8. The van der Waals surface area contributed by atoms with Crippen molar-refractivity contribution < 1.29 is 8.78 Å². The molecule has 0 radical (unpaired) electrons. The molecule has 2 heterocycles. The fourth-order valence-electron chi connectivity index (χ4n) is 2.35. The summed E-state index contributed by atoms with van der Waals surface area (Å²) in [7, 11) is 0. The smallest absolute Gasteiger partial charge is 0.259 e. The predicted molar refractivity (Wildman–Crippen MR) is 85.7 cm³/mol. The van der Waals surface area contributed by atoms with Crippen LogP contribution in [0.4, 0.5) is 8.78 Å². The third kappa shape index (κ3) is 3.16. The summed E-state index contributed by atoms with van der Waals surface area (Å²) in [5.41, 5.74) is 1.99. The average Bonchev–Trinajstić information content (AvgIpc) is 2.89. The SMILES string of the molecule is Cc1csc2nc(CN[C@H](C)c3ccc(F)c(F)c3)cc(=O)n12. The molecule has 0 aliphatic rings. The van der Waals surface area contributed by atoms with E-state index in [-0.39, 0.29) is 11.6 Å². The molecule has 120 valence electrons. The molecule has 3 aromatic rings. The Morgan fingerprint density at radius 3 is 2.83 bits per heavy atom. The van der Waals surface area contributed by atoms with Crippen LogP contribution in [0.5, 0.6) is 0 Å². The van der Waals surface area contributed by atoms with Gasteiger partial charge in [0.05, 0.1) is 5.69 Å². The van der Waals surface area contributed by atoms with E-state index in [2.05, 4.69) is 10.3 Å².